The summed E-state index contributed by atoms with van der Waals surface area (Å²) in [6, 6.07) is 9.56. The van der Waals surface area contributed by atoms with Crippen molar-refractivity contribution in [1.82, 2.24) is 30.1 Å². The quantitative estimate of drug-likeness (QED) is 0.472. The Morgan fingerprint density at radius 1 is 1.18 bits per heavy atom. The number of carbonyl (C=O) groups is 1. The van der Waals surface area contributed by atoms with Gasteiger partial charge in [0.2, 0.25) is 0 Å². The SMILES string of the molecule is CN1CCN(c2nc(C(=O)NCC3CCN(Cc4cnc(-c5ccccn5)s4)CC3)cc(N)c2C#N)CC1. The lowest BCUT2D eigenvalue weighted by atomic mass is 9.96. The Morgan fingerprint density at radius 3 is 2.68 bits per heavy atom. The smallest absolute Gasteiger partial charge is 0.270 e. The van der Waals surface area contributed by atoms with Crippen molar-refractivity contribution in [3.8, 4) is 16.8 Å². The molecule has 0 atom stereocenters. The number of amides is 1. The maximum atomic E-state index is 13.0. The molecule has 0 aliphatic carbocycles. The summed E-state index contributed by atoms with van der Waals surface area (Å²) >= 11 is 1.69. The van der Waals surface area contributed by atoms with E-state index in [-0.39, 0.29) is 11.6 Å². The highest BCUT2D eigenvalue weighted by molar-refractivity contribution is 7.14. The van der Waals surface area contributed by atoms with E-state index < -0.39 is 0 Å². The first-order chi connectivity index (χ1) is 18.5. The first-order valence-electron chi connectivity index (χ1n) is 13.0. The highest BCUT2D eigenvalue weighted by atomic mass is 32.1. The molecule has 11 heteroatoms. The highest BCUT2D eigenvalue weighted by Gasteiger charge is 2.24. The van der Waals surface area contributed by atoms with Gasteiger partial charge in [-0.2, -0.15) is 5.26 Å². The van der Waals surface area contributed by atoms with Crippen LogP contribution >= 0.6 is 11.3 Å². The molecule has 1 amide bonds. The standard InChI is InChI=1S/C27H33N9OS/c1-34-10-12-36(13-11-34)25-21(15-28)22(29)14-24(33-25)26(37)31-16-19-5-8-35(9-6-19)18-20-17-32-27(38-20)23-4-2-3-7-30-23/h2-4,7,14,17,19H,5-6,8-13,16,18H2,1H3,(H2,29,33)(H,31,37). The summed E-state index contributed by atoms with van der Waals surface area (Å²) in [5.41, 5.74) is 7.97. The number of pyridine rings is 2. The Balaban J connectivity index is 1.13. The van der Waals surface area contributed by atoms with E-state index in [2.05, 4.69) is 43.2 Å². The van der Waals surface area contributed by atoms with E-state index in [1.807, 2.05) is 29.3 Å². The van der Waals surface area contributed by atoms with E-state index in [0.29, 0.717) is 29.5 Å². The second kappa shape index (κ2) is 11.9. The molecular weight excluding hydrogens is 498 g/mol. The minimum atomic E-state index is -0.245. The molecule has 0 spiro atoms. The van der Waals surface area contributed by atoms with Gasteiger partial charge >= 0.3 is 0 Å². The molecule has 38 heavy (non-hydrogen) atoms. The van der Waals surface area contributed by atoms with E-state index in [1.165, 1.54) is 10.9 Å². The number of anilines is 2. The van der Waals surface area contributed by atoms with Crippen LogP contribution in [0.1, 0.15) is 33.8 Å². The Morgan fingerprint density at radius 2 is 1.97 bits per heavy atom. The lowest BCUT2D eigenvalue weighted by molar-refractivity contribution is 0.0930. The average molecular weight is 532 g/mol. The van der Waals surface area contributed by atoms with Gasteiger partial charge in [0.1, 0.15) is 28.2 Å². The molecule has 2 fully saturated rings. The number of likely N-dealkylation sites (tertiary alicyclic amines) is 1. The zero-order valence-corrected chi connectivity index (χ0v) is 22.5. The lowest BCUT2D eigenvalue weighted by Gasteiger charge is -2.34. The normalized spacial score (nSPS) is 17.3. The zero-order chi connectivity index (χ0) is 26.5. The third-order valence-corrected chi connectivity index (χ3v) is 8.26. The largest absolute Gasteiger partial charge is 0.397 e. The van der Waals surface area contributed by atoms with Crippen molar-refractivity contribution >= 4 is 28.7 Å². The fourth-order valence-electron chi connectivity index (χ4n) is 4.91. The summed E-state index contributed by atoms with van der Waals surface area (Å²) in [5, 5.41) is 13.6. The number of aromatic nitrogens is 3. The summed E-state index contributed by atoms with van der Waals surface area (Å²) in [7, 11) is 2.07. The Kier molecular flexibility index (Phi) is 8.12. The van der Waals surface area contributed by atoms with E-state index in [1.54, 1.807) is 17.5 Å². The Bertz CT molecular complexity index is 1290. The molecular formula is C27H33N9OS. The van der Waals surface area contributed by atoms with Crippen molar-refractivity contribution in [2.24, 2.45) is 5.92 Å². The van der Waals surface area contributed by atoms with Crippen LogP contribution in [0.25, 0.3) is 10.7 Å². The maximum Gasteiger partial charge on any atom is 0.270 e. The molecule has 5 heterocycles. The molecule has 0 bridgehead atoms. The molecule has 198 valence electrons. The van der Waals surface area contributed by atoms with E-state index in [9.17, 15) is 10.1 Å². The number of rotatable bonds is 7. The molecule has 3 aromatic rings. The van der Waals surface area contributed by atoms with Crippen molar-refractivity contribution in [3.63, 3.8) is 0 Å². The second-order valence-corrected chi connectivity index (χ2v) is 11.1. The number of hydrogen-bond donors (Lipinski definition) is 2. The first-order valence-corrected chi connectivity index (χ1v) is 13.8. The van der Waals surface area contributed by atoms with Gasteiger partial charge in [0.25, 0.3) is 5.91 Å². The third kappa shape index (κ3) is 6.10. The van der Waals surface area contributed by atoms with Crippen LogP contribution in [0.15, 0.2) is 36.7 Å². The molecule has 0 aromatic carbocycles. The van der Waals surface area contributed by atoms with Crippen LogP contribution < -0.4 is 16.0 Å². The lowest BCUT2D eigenvalue weighted by Crippen LogP contribution is -2.45. The van der Waals surface area contributed by atoms with Gasteiger partial charge in [0.05, 0.1) is 11.4 Å². The van der Waals surface area contributed by atoms with Crippen molar-refractivity contribution < 1.29 is 4.79 Å². The van der Waals surface area contributed by atoms with Gasteiger partial charge in [0, 0.05) is 56.5 Å². The number of nitrogens with two attached hydrogens (primary N) is 1. The Hall–Kier alpha value is -3.59. The molecule has 2 aliphatic rings. The second-order valence-electron chi connectivity index (χ2n) is 9.97. The van der Waals surface area contributed by atoms with Crippen molar-refractivity contribution in [3.05, 3.63) is 52.8 Å². The summed E-state index contributed by atoms with van der Waals surface area (Å²) in [6.45, 7) is 6.67. The van der Waals surface area contributed by atoms with Gasteiger partial charge < -0.3 is 20.9 Å². The molecule has 3 aromatic heterocycles. The molecule has 10 nitrogen and oxygen atoms in total. The predicted octanol–water partition coefficient (Wildman–Crippen LogP) is 2.45. The number of nitrogen functional groups attached to an aromatic ring is 1. The fraction of sp³-hybridized carbons (Fsp3) is 0.444. The number of piperidine rings is 1. The van der Waals surface area contributed by atoms with Crippen LogP contribution in [0.4, 0.5) is 11.5 Å². The van der Waals surface area contributed by atoms with Crippen LogP contribution in [0.2, 0.25) is 0 Å². The Labute approximate surface area is 227 Å². The minimum absolute atomic E-state index is 0.245. The van der Waals surface area contributed by atoms with E-state index in [4.69, 9.17) is 5.73 Å². The van der Waals surface area contributed by atoms with Crippen LogP contribution in [0.5, 0.6) is 0 Å². The number of carbonyl (C=O) groups excluding carboxylic acids is 1. The van der Waals surface area contributed by atoms with Gasteiger partial charge in [-0.3, -0.25) is 14.7 Å². The molecule has 3 N–H and O–H groups in total. The summed E-state index contributed by atoms with van der Waals surface area (Å²) in [6.07, 6.45) is 5.77. The number of piperazine rings is 1. The molecule has 0 unspecified atom stereocenters. The highest BCUT2D eigenvalue weighted by Crippen LogP contribution is 2.27. The van der Waals surface area contributed by atoms with Gasteiger partial charge in [-0.1, -0.05) is 6.07 Å². The number of nitrogens with zero attached hydrogens (tertiary/aromatic N) is 7. The van der Waals surface area contributed by atoms with Gasteiger partial charge in [-0.15, -0.1) is 11.3 Å². The molecule has 0 saturated carbocycles. The summed E-state index contributed by atoms with van der Waals surface area (Å²) < 4.78 is 0. The van der Waals surface area contributed by atoms with Crippen LogP contribution in [-0.2, 0) is 6.54 Å². The number of likely N-dealkylation sites (N-methyl/N-ethyl adjacent to an activating group) is 1. The zero-order valence-electron chi connectivity index (χ0n) is 21.6. The number of thiazole rings is 1. The first kappa shape index (κ1) is 26.0. The van der Waals surface area contributed by atoms with E-state index in [0.717, 1.165) is 69.4 Å². The van der Waals surface area contributed by atoms with E-state index >= 15 is 0 Å². The topological polar surface area (TPSA) is 127 Å². The fourth-order valence-corrected chi connectivity index (χ4v) is 5.85. The number of hydrogen-bond acceptors (Lipinski definition) is 10. The monoisotopic (exact) mass is 531 g/mol. The molecule has 2 aliphatic heterocycles. The molecule has 0 radical (unpaired) electrons. The predicted molar refractivity (Wildman–Crippen MR) is 149 cm³/mol. The van der Waals surface area contributed by atoms with Gasteiger partial charge in [-0.25, -0.2) is 9.97 Å². The van der Waals surface area contributed by atoms with Gasteiger partial charge in [-0.05, 0) is 57.1 Å². The van der Waals surface area contributed by atoms with Crippen molar-refractivity contribution in [2.45, 2.75) is 19.4 Å². The minimum Gasteiger partial charge on any atom is -0.397 e. The van der Waals surface area contributed by atoms with Crippen molar-refractivity contribution in [2.75, 3.05) is 63.5 Å². The van der Waals surface area contributed by atoms with Crippen LogP contribution in [0.3, 0.4) is 0 Å². The maximum absolute atomic E-state index is 13.0. The molecule has 2 saturated heterocycles. The van der Waals surface area contributed by atoms with Crippen LogP contribution in [-0.4, -0.2) is 83.5 Å². The number of nitrogens with one attached hydrogen (secondary N) is 1. The van der Waals surface area contributed by atoms with Crippen LogP contribution in [0, 0.1) is 17.2 Å². The summed E-state index contributed by atoms with van der Waals surface area (Å²) in [4.78, 5) is 34.5. The number of nitriles is 1. The van der Waals surface area contributed by atoms with Gasteiger partial charge in [0.15, 0.2) is 0 Å². The molecule has 5 rings (SSSR count). The third-order valence-electron chi connectivity index (χ3n) is 7.25. The summed E-state index contributed by atoms with van der Waals surface area (Å²) in [5.74, 6) is 0.674. The average Bonchev–Trinajstić information content (AvgIpc) is 3.41. The van der Waals surface area contributed by atoms with Crippen molar-refractivity contribution in [1.29, 1.82) is 5.26 Å².